The van der Waals surface area contributed by atoms with Gasteiger partial charge in [-0.2, -0.15) is 0 Å². The molecule has 3 heterocycles. The van der Waals surface area contributed by atoms with E-state index in [2.05, 4.69) is 28.3 Å². The lowest BCUT2D eigenvalue weighted by Crippen LogP contribution is -2.35. The van der Waals surface area contributed by atoms with Crippen LogP contribution >= 0.6 is 11.3 Å². The van der Waals surface area contributed by atoms with Crippen LogP contribution in [0.4, 0.5) is 0 Å². The molecule has 2 aliphatic rings. The van der Waals surface area contributed by atoms with Gasteiger partial charge in [-0.1, -0.05) is 0 Å². The van der Waals surface area contributed by atoms with Gasteiger partial charge < -0.3 is 4.98 Å². The number of fused-ring (bicyclic) bond motifs is 1. The summed E-state index contributed by atoms with van der Waals surface area (Å²) in [7, 11) is 0. The Hall–Kier alpha value is -1.46. The number of rotatable bonds is 3. The molecule has 1 aliphatic carbocycles. The van der Waals surface area contributed by atoms with Gasteiger partial charge in [0.25, 0.3) is 5.56 Å². The van der Waals surface area contributed by atoms with Crippen LogP contribution in [0, 0.1) is 6.92 Å². The maximum Gasteiger partial charge on any atom is 0.254 e. The number of nitrogens with zero attached hydrogens (tertiary/aromatic N) is 2. The first-order chi connectivity index (χ1) is 10.2. The SMILES string of the molecule is Cc1csc(CN2CCc3c(nc(C4CC4)[nH]c3=O)C2)c1. The smallest absolute Gasteiger partial charge is 0.254 e. The predicted octanol–water partition coefficient (Wildman–Crippen LogP) is 2.58. The number of hydrogen-bond acceptors (Lipinski definition) is 4. The molecule has 4 nitrogen and oxygen atoms in total. The van der Waals surface area contributed by atoms with Gasteiger partial charge in [-0.25, -0.2) is 4.98 Å². The molecule has 1 aliphatic heterocycles. The average Bonchev–Trinajstić information content (AvgIpc) is 3.23. The molecule has 0 aromatic carbocycles. The third-order valence-electron chi connectivity index (χ3n) is 4.30. The molecule has 0 radical (unpaired) electrons. The summed E-state index contributed by atoms with van der Waals surface area (Å²) in [5, 5.41) is 2.20. The third-order valence-corrected chi connectivity index (χ3v) is 5.34. The highest BCUT2D eigenvalue weighted by Crippen LogP contribution is 2.37. The number of aromatic amines is 1. The van der Waals surface area contributed by atoms with Gasteiger partial charge in [0.1, 0.15) is 5.82 Å². The quantitative estimate of drug-likeness (QED) is 0.948. The van der Waals surface area contributed by atoms with E-state index >= 15 is 0 Å². The van der Waals surface area contributed by atoms with Gasteiger partial charge >= 0.3 is 0 Å². The van der Waals surface area contributed by atoms with Crippen molar-refractivity contribution >= 4 is 11.3 Å². The van der Waals surface area contributed by atoms with E-state index in [9.17, 15) is 4.79 Å². The highest BCUT2D eigenvalue weighted by molar-refractivity contribution is 7.10. The Morgan fingerprint density at radius 1 is 1.48 bits per heavy atom. The maximum atomic E-state index is 12.2. The van der Waals surface area contributed by atoms with Crippen LogP contribution in [0.1, 0.15) is 46.3 Å². The molecule has 5 heteroatoms. The van der Waals surface area contributed by atoms with Crippen LogP contribution < -0.4 is 5.56 Å². The minimum absolute atomic E-state index is 0.0912. The zero-order valence-electron chi connectivity index (χ0n) is 12.2. The summed E-state index contributed by atoms with van der Waals surface area (Å²) in [5.41, 5.74) is 3.32. The van der Waals surface area contributed by atoms with Crippen LogP contribution in [-0.4, -0.2) is 21.4 Å². The fourth-order valence-corrected chi connectivity index (χ4v) is 3.91. The van der Waals surface area contributed by atoms with Crippen LogP contribution in [0.3, 0.4) is 0 Å². The maximum absolute atomic E-state index is 12.2. The number of hydrogen-bond donors (Lipinski definition) is 1. The van der Waals surface area contributed by atoms with Crippen LogP contribution in [0.25, 0.3) is 0 Å². The van der Waals surface area contributed by atoms with Crippen molar-refractivity contribution in [3.05, 3.63) is 49.3 Å². The Labute approximate surface area is 127 Å². The molecule has 0 atom stereocenters. The van der Waals surface area contributed by atoms with E-state index in [-0.39, 0.29) is 5.56 Å². The first-order valence-electron chi connectivity index (χ1n) is 7.57. The number of H-pyrrole nitrogens is 1. The molecular weight excluding hydrogens is 282 g/mol. The normalized spacial score (nSPS) is 18.7. The second-order valence-corrected chi connectivity index (χ2v) is 7.20. The molecule has 21 heavy (non-hydrogen) atoms. The summed E-state index contributed by atoms with van der Waals surface area (Å²) in [4.78, 5) is 23.7. The first kappa shape index (κ1) is 13.2. The van der Waals surface area contributed by atoms with E-state index in [1.54, 1.807) is 0 Å². The number of thiophene rings is 1. The fourth-order valence-electron chi connectivity index (χ4n) is 2.99. The third kappa shape index (κ3) is 2.68. The van der Waals surface area contributed by atoms with Gasteiger partial charge in [0.05, 0.1) is 5.69 Å². The second kappa shape index (κ2) is 5.07. The summed E-state index contributed by atoms with van der Waals surface area (Å²) < 4.78 is 0. The van der Waals surface area contributed by atoms with Crippen LogP contribution in [0.15, 0.2) is 16.2 Å². The lowest BCUT2D eigenvalue weighted by atomic mass is 10.1. The van der Waals surface area contributed by atoms with Crippen molar-refractivity contribution in [2.45, 2.75) is 45.2 Å². The lowest BCUT2D eigenvalue weighted by Gasteiger charge is -2.27. The topological polar surface area (TPSA) is 49.0 Å². The summed E-state index contributed by atoms with van der Waals surface area (Å²) in [6, 6.07) is 2.25. The van der Waals surface area contributed by atoms with Crippen molar-refractivity contribution in [2.24, 2.45) is 0 Å². The van der Waals surface area contributed by atoms with Gasteiger partial charge in [0.2, 0.25) is 0 Å². The Bertz CT molecular complexity index is 729. The highest BCUT2D eigenvalue weighted by Gasteiger charge is 2.29. The Morgan fingerprint density at radius 3 is 3.05 bits per heavy atom. The number of nitrogens with one attached hydrogen (secondary N) is 1. The van der Waals surface area contributed by atoms with Gasteiger partial charge in [-0.3, -0.25) is 9.69 Å². The van der Waals surface area contributed by atoms with Crippen LogP contribution in [-0.2, 0) is 19.5 Å². The first-order valence-corrected chi connectivity index (χ1v) is 8.45. The van der Waals surface area contributed by atoms with Crippen LogP contribution in [0.2, 0.25) is 0 Å². The number of aryl methyl sites for hydroxylation is 1. The Balaban J connectivity index is 1.57. The molecule has 0 unspecified atom stereocenters. The monoisotopic (exact) mass is 301 g/mol. The molecule has 4 rings (SSSR count). The largest absolute Gasteiger partial charge is 0.310 e. The summed E-state index contributed by atoms with van der Waals surface area (Å²) in [6.45, 7) is 4.84. The average molecular weight is 301 g/mol. The van der Waals surface area contributed by atoms with Crippen LogP contribution in [0.5, 0.6) is 0 Å². The van der Waals surface area contributed by atoms with E-state index in [1.165, 1.54) is 23.3 Å². The Kier molecular flexibility index (Phi) is 3.19. The van der Waals surface area contributed by atoms with Gasteiger partial charge in [-0.05, 0) is 43.2 Å². The van der Waals surface area contributed by atoms with E-state index in [1.807, 2.05) is 11.3 Å². The zero-order chi connectivity index (χ0) is 14.4. The lowest BCUT2D eigenvalue weighted by molar-refractivity contribution is 0.242. The molecule has 0 bridgehead atoms. The fraction of sp³-hybridized carbons (Fsp3) is 0.500. The number of aromatic nitrogens is 2. The predicted molar refractivity (Wildman–Crippen MR) is 83.7 cm³/mol. The Morgan fingerprint density at radius 2 is 2.33 bits per heavy atom. The van der Waals surface area contributed by atoms with Gasteiger partial charge in [0, 0.05) is 36.0 Å². The van der Waals surface area contributed by atoms with Crippen molar-refractivity contribution in [1.29, 1.82) is 0 Å². The molecular formula is C16H19N3OS. The van der Waals surface area contributed by atoms with E-state index < -0.39 is 0 Å². The highest BCUT2D eigenvalue weighted by atomic mass is 32.1. The molecule has 0 saturated heterocycles. The minimum atomic E-state index is 0.0912. The summed E-state index contributed by atoms with van der Waals surface area (Å²) >= 11 is 1.82. The summed E-state index contributed by atoms with van der Waals surface area (Å²) in [6.07, 6.45) is 3.15. The van der Waals surface area contributed by atoms with E-state index in [0.717, 1.165) is 43.1 Å². The van der Waals surface area contributed by atoms with Gasteiger partial charge in [0.15, 0.2) is 0 Å². The van der Waals surface area contributed by atoms with Crippen molar-refractivity contribution in [2.75, 3.05) is 6.54 Å². The summed E-state index contributed by atoms with van der Waals surface area (Å²) in [5.74, 6) is 1.41. The minimum Gasteiger partial charge on any atom is -0.310 e. The van der Waals surface area contributed by atoms with E-state index in [0.29, 0.717) is 5.92 Å². The molecule has 2 aromatic heterocycles. The standard InChI is InChI=1S/C16H19N3OS/c1-10-6-12(21-9-10)7-19-5-4-13-14(8-19)17-15(11-2-3-11)18-16(13)20/h6,9,11H,2-5,7-8H2,1H3,(H,17,18,20). The molecule has 1 saturated carbocycles. The van der Waals surface area contributed by atoms with Crippen molar-refractivity contribution in [1.82, 2.24) is 14.9 Å². The molecule has 2 aromatic rings. The molecule has 1 fully saturated rings. The zero-order valence-corrected chi connectivity index (χ0v) is 13.0. The molecule has 0 amide bonds. The van der Waals surface area contributed by atoms with E-state index in [4.69, 9.17) is 4.98 Å². The second-order valence-electron chi connectivity index (χ2n) is 6.20. The van der Waals surface area contributed by atoms with Gasteiger partial charge in [-0.15, -0.1) is 11.3 Å². The molecule has 1 N–H and O–H groups in total. The molecule has 110 valence electrons. The van der Waals surface area contributed by atoms with Crippen molar-refractivity contribution < 1.29 is 0 Å². The molecule has 0 spiro atoms. The van der Waals surface area contributed by atoms with Crippen molar-refractivity contribution in [3.63, 3.8) is 0 Å². The van der Waals surface area contributed by atoms with Crippen molar-refractivity contribution in [3.8, 4) is 0 Å².